The number of carbonyl (C=O) groups excluding carboxylic acids is 1. The Morgan fingerprint density at radius 1 is 1.25 bits per heavy atom. The van der Waals surface area contributed by atoms with Crippen LogP contribution in [0.25, 0.3) is 11.3 Å². The van der Waals surface area contributed by atoms with E-state index in [4.69, 9.17) is 5.26 Å². The summed E-state index contributed by atoms with van der Waals surface area (Å²) in [6, 6.07) is 16.7. The number of hydrogen-bond donors (Lipinski definition) is 1. The number of nitrogens with zero attached hydrogens (tertiary/aromatic N) is 2. The van der Waals surface area contributed by atoms with Gasteiger partial charge in [0.1, 0.15) is 0 Å². The third kappa shape index (κ3) is 3.65. The van der Waals surface area contributed by atoms with Crippen molar-refractivity contribution in [3.8, 4) is 17.3 Å². The molecule has 118 valence electrons. The number of hydrogen-bond acceptors (Lipinski definition) is 5. The van der Waals surface area contributed by atoms with Crippen molar-refractivity contribution in [2.45, 2.75) is 4.90 Å². The lowest BCUT2D eigenvalue weighted by atomic mass is 10.1. The first-order valence-electron chi connectivity index (χ1n) is 7.11. The quantitative estimate of drug-likeness (QED) is 0.695. The number of anilines is 1. The Labute approximate surface area is 148 Å². The lowest BCUT2D eigenvalue weighted by molar-refractivity contribution is 0.102. The Bertz CT molecular complexity index is 911. The van der Waals surface area contributed by atoms with E-state index < -0.39 is 0 Å². The summed E-state index contributed by atoms with van der Waals surface area (Å²) in [4.78, 5) is 17.9. The standard InChI is InChI=1S/C18H13N3OS2/c1-23-15-7-5-13(6-8-15)16-11-24-18(20-16)21-17(22)14-4-2-3-12(9-14)10-19/h2-9,11H,1H3,(H,20,21,22). The summed E-state index contributed by atoms with van der Waals surface area (Å²) in [5, 5.41) is 14.1. The highest BCUT2D eigenvalue weighted by atomic mass is 32.2. The normalized spacial score (nSPS) is 10.2. The van der Waals surface area contributed by atoms with Crippen LogP contribution in [-0.4, -0.2) is 17.1 Å². The number of nitriles is 1. The van der Waals surface area contributed by atoms with Crippen molar-refractivity contribution in [1.29, 1.82) is 5.26 Å². The molecule has 1 amide bonds. The molecule has 0 saturated heterocycles. The Morgan fingerprint density at radius 3 is 2.75 bits per heavy atom. The molecule has 0 aliphatic rings. The first-order valence-corrected chi connectivity index (χ1v) is 9.21. The predicted octanol–water partition coefficient (Wildman–Crippen LogP) is 4.66. The fourth-order valence-electron chi connectivity index (χ4n) is 2.12. The molecule has 0 spiro atoms. The third-order valence-corrected chi connectivity index (χ3v) is 4.87. The van der Waals surface area contributed by atoms with Gasteiger partial charge in [0.25, 0.3) is 5.91 Å². The summed E-state index contributed by atoms with van der Waals surface area (Å²) in [6.45, 7) is 0. The number of benzene rings is 2. The van der Waals surface area contributed by atoms with Crippen LogP contribution in [0.15, 0.2) is 58.8 Å². The lowest BCUT2D eigenvalue weighted by Crippen LogP contribution is -2.11. The van der Waals surface area contributed by atoms with Gasteiger partial charge in [-0.1, -0.05) is 18.2 Å². The maximum Gasteiger partial charge on any atom is 0.257 e. The zero-order valence-electron chi connectivity index (χ0n) is 12.8. The minimum Gasteiger partial charge on any atom is -0.298 e. The minimum absolute atomic E-state index is 0.272. The van der Waals surface area contributed by atoms with Crippen LogP contribution in [0.1, 0.15) is 15.9 Å². The number of amides is 1. The van der Waals surface area contributed by atoms with Crippen molar-refractivity contribution in [3.05, 3.63) is 65.0 Å². The van der Waals surface area contributed by atoms with E-state index in [0.29, 0.717) is 16.3 Å². The van der Waals surface area contributed by atoms with Gasteiger partial charge in [-0.05, 0) is 36.6 Å². The zero-order valence-corrected chi connectivity index (χ0v) is 14.4. The second kappa shape index (κ2) is 7.30. The zero-order chi connectivity index (χ0) is 16.9. The smallest absolute Gasteiger partial charge is 0.257 e. The van der Waals surface area contributed by atoms with E-state index in [1.807, 2.05) is 42.0 Å². The predicted molar refractivity (Wildman–Crippen MR) is 98.4 cm³/mol. The SMILES string of the molecule is CSc1ccc(-c2csc(NC(=O)c3cccc(C#N)c3)n2)cc1. The van der Waals surface area contributed by atoms with Crippen LogP contribution in [0.3, 0.4) is 0 Å². The van der Waals surface area contributed by atoms with Crippen LogP contribution in [0.4, 0.5) is 5.13 Å². The molecule has 3 aromatic rings. The minimum atomic E-state index is -0.272. The van der Waals surface area contributed by atoms with Gasteiger partial charge in [0.15, 0.2) is 5.13 Å². The second-order valence-corrected chi connectivity index (χ2v) is 6.65. The van der Waals surface area contributed by atoms with Gasteiger partial charge in [-0.15, -0.1) is 23.1 Å². The van der Waals surface area contributed by atoms with E-state index in [-0.39, 0.29) is 5.91 Å². The van der Waals surface area contributed by atoms with Gasteiger partial charge in [0.2, 0.25) is 0 Å². The van der Waals surface area contributed by atoms with E-state index in [2.05, 4.69) is 10.3 Å². The molecule has 1 heterocycles. The van der Waals surface area contributed by atoms with Crippen molar-refractivity contribution in [2.75, 3.05) is 11.6 Å². The number of nitrogens with one attached hydrogen (secondary N) is 1. The largest absolute Gasteiger partial charge is 0.298 e. The molecule has 0 atom stereocenters. The summed E-state index contributed by atoms with van der Waals surface area (Å²) in [7, 11) is 0. The molecule has 0 bridgehead atoms. The molecule has 1 N–H and O–H groups in total. The first-order chi connectivity index (χ1) is 11.7. The van der Waals surface area contributed by atoms with Gasteiger partial charge in [-0.2, -0.15) is 5.26 Å². The van der Waals surface area contributed by atoms with Crippen LogP contribution >= 0.6 is 23.1 Å². The fraction of sp³-hybridized carbons (Fsp3) is 0.0556. The molecule has 0 aliphatic heterocycles. The first kappa shape index (κ1) is 16.2. The third-order valence-electron chi connectivity index (χ3n) is 3.36. The van der Waals surface area contributed by atoms with Gasteiger partial charge in [-0.25, -0.2) is 4.98 Å². The molecule has 1 aromatic heterocycles. The number of carbonyl (C=O) groups is 1. The molecule has 0 radical (unpaired) electrons. The van der Waals surface area contributed by atoms with Gasteiger partial charge in [0, 0.05) is 21.4 Å². The average molecular weight is 351 g/mol. The highest BCUT2D eigenvalue weighted by molar-refractivity contribution is 7.98. The van der Waals surface area contributed by atoms with Crippen LogP contribution in [0.5, 0.6) is 0 Å². The topological polar surface area (TPSA) is 65.8 Å². The van der Waals surface area contributed by atoms with Gasteiger partial charge >= 0.3 is 0 Å². The van der Waals surface area contributed by atoms with Crippen LogP contribution in [0.2, 0.25) is 0 Å². The molecule has 0 fully saturated rings. The average Bonchev–Trinajstić information content (AvgIpc) is 3.10. The molecule has 4 nitrogen and oxygen atoms in total. The number of thiazole rings is 1. The Hall–Kier alpha value is -2.62. The van der Waals surface area contributed by atoms with E-state index in [1.165, 1.54) is 16.2 Å². The molecule has 0 unspecified atom stereocenters. The molecule has 2 aromatic carbocycles. The molecule has 24 heavy (non-hydrogen) atoms. The van der Waals surface area contributed by atoms with Crippen LogP contribution in [0, 0.1) is 11.3 Å². The summed E-state index contributed by atoms with van der Waals surface area (Å²) in [5.74, 6) is -0.272. The molecular weight excluding hydrogens is 338 g/mol. The van der Waals surface area contributed by atoms with Gasteiger partial charge < -0.3 is 0 Å². The maximum absolute atomic E-state index is 12.3. The maximum atomic E-state index is 12.3. The summed E-state index contributed by atoms with van der Waals surface area (Å²) in [6.07, 6.45) is 2.03. The summed E-state index contributed by atoms with van der Waals surface area (Å²) >= 11 is 3.06. The molecular formula is C18H13N3OS2. The van der Waals surface area contributed by atoms with Crippen molar-refractivity contribution < 1.29 is 4.79 Å². The second-order valence-electron chi connectivity index (χ2n) is 4.91. The van der Waals surface area contributed by atoms with E-state index in [0.717, 1.165) is 11.3 Å². The van der Waals surface area contributed by atoms with Crippen molar-refractivity contribution in [2.24, 2.45) is 0 Å². The Kier molecular flexibility index (Phi) is 4.94. The summed E-state index contributed by atoms with van der Waals surface area (Å²) < 4.78 is 0. The Morgan fingerprint density at radius 2 is 2.04 bits per heavy atom. The van der Waals surface area contributed by atoms with Gasteiger partial charge in [-0.3, -0.25) is 10.1 Å². The molecule has 3 rings (SSSR count). The monoisotopic (exact) mass is 351 g/mol. The number of aromatic nitrogens is 1. The fourth-order valence-corrected chi connectivity index (χ4v) is 3.25. The number of thioether (sulfide) groups is 1. The van der Waals surface area contributed by atoms with Crippen LogP contribution < -0.4 is 5.32 Å². The Balaban J connectivity index is 1.75. The van der Waals surface area contributed by atoms with Gasteiger partial charge in [0.05, 0.1) is 17.3 Å². The molecule has 0 saturated carbocycles. The van der Waals surface area contributed by atoms with Crippen molar-refractivity contribution in [1.82, 2.24) is 4.98 Å². The summed E-state index contributed by atoms with van der Waals surface area (Å²) in [5.41, 5.74) is 2.73. The van der Waals surface area contributed by atoms with Crippen molar-refractivity contribution in [3.63, 3.8) is 0 Å². The molecule has 6 heteroatoms. The number of rotatable bonds is 4. The molecule has 0 aliphatic carbocycles. The van der Waals surface area contributed by atoms with E-state index in [9.17, 15) is 4.79 Å². The van der Waals surface area contributed by atoms with E-state index in [1.54, 1.807) is 36.0 Å². The van der Waals surface area contributed by atoms with Crippen molar-refractivity contribution >= 4 is 34.1 Å². The highest BCUT2D eigenvalue weighted by Crippen LogP contribution is 2.27. The highest BCUT2D eigenvalue weighted by Gasteiger charge is 2.10. The van der Waals surface area contributed by atoms with Crippen LogP contribution in [-0.2, 0) is 0 Å². The lowest BCUT2D eigenvalue weighted by Gasteiger charge is -2.02. The van der Waals surface area contributed by atoms with E-state index >= 15 is 0 Å².